The lowest BCUT2D eigenvalue weighted by atomic mass is 9.43. The maximum atomic E-state index is 13.2. The number of hydrogen-bond donors (Lipinski definition) is 3. The fraction of sp³-hybridized carbons (Fsp3) is 0.950. The molecule has 2 bridgehead atoms. The second-order valence-electron chi connectivity index (χ2n) is 10.2. The molecule has 0 aromatic heterocycles. The van der Waals surface area contributed by atoms with Crippen LogP contribution >= 0.6 is 0 Å². The third kappa shape index (κ3) is 1.67. The Balaban J connectivity index is 1.69. The van der Waals surface area contributed by atoms with Gasteiger partial charge >= 0.3 is 5.97 Å². The SMILES string of the molecule is C[C@@H]1[C@@H]2CC[C@@H]3[C@](C2)(C(=O)O[C@H]2C[C@H](O)C(C)(C)[C@H]4[C@H](O)OC[C@@]243)[C@@H]1O. The molecule has 5 rings (SSSR count). The first kappa shape index (κ1) is 17.4. The molecule has 2 aliphatic heterocycles. The summed E-state index contributed by atoms with van der Waals surface area (Å²) in [5, 5.41) is 32.6. The Kier molecular flexibility index (Phi) is 3.36. The summed E-state index contributed by atoms with van der Waals surface area (Å²) in [4.78, 5) is 13.2. The number of aliphatic hydroxyl groups is 3. The van der Waals surface area contributed by atoms with Gasteiger partial charge in [-0.15, -0.1) is 0 Å². The van der Waals surface area contributed by atoms with Gasteiger partial charge in [-0.3, -0.25) is 4.79 Å². The van der Waals surface area contributed by atoms with Gasteiger partial charge < -0.3 is 24.8 Å². The van der Waals surface area contributed by atoms with E-state index in [2.05, 4.69) is 0 Å². The third-order valence-corrected chi connectivity index (χ3v) is 9.16. The fourth-order valence-electron chi connectivity index (χ4n) is 7.82. The average molecular weight is 366 g/mol. The first-order valence-electron chi connectivity index (χ1n) is 10.0. The second kappa shape index (κ2) is 5.02. The number of fused-ring (bicyclic) bond motifs is 1. The van der Waals surface area contributed by atoms with Crippen LogP contribution < -0.4 is 0 Å². The van der Waals surface area contributed by atoms with Gasteiger partial charge in [-0.05, 0) is 42.4 Å². The largest absolute Gasteiger partial charge is 0.461 e. The van der Waals surface area contributed by atoms with E-state index in [1.807, 2.05) is 20.8 Å². The van der Waals surface area contributed by atoms with Crippen LogP contribution in [0.2, 0.25) is 0 Å². The van der Waals surface area contributed by atoms with Crippen LogP contribution in [0.25, 0.3) is 0 Å². The first-order chi connectivity index (χ1) is 12.2. The quantitative estimate of drug-likeness (QED) is 0.555. The summed E-state index contributed by atoms with van der Waals surface area (Å²) in [5.41, 5.74) is -1.97. The normalized spacial score (nSPS) is 60.0. The predicted octanol–water partition coefficient (Wildman–Crippen LogP) is 1.07. The number of ether oxygens (including phenoxy) is 2. The van der Waals surface area contributed by atoms with Crippen molar-refractivity contribution in [2.45, 2.75) is 71.1 Å². The lowest BCUT2D eigenvalue weighted by molar-refractivity contribution is -0.265. The van der Waals surface area contributed by atoms with Crippen LogP contribution in [0.4, 0.5) is 0 Å². The highest BCUT2D eigenvalue weighted by Gasteiger charge is 2.78. The molecule has 6 nitrogen and oxygen atoms in total. The number of rotatable bonds is 0. The van der Waals surface area contributed by atoms with Crippen molar-refractivity contribution < 1.29 is 29.6 Å². The van der Waals surface area contributed by atoms with Gasteiger partial charge in [0, 0.05) is 17.8 Å². The van der Waals surface area contributed by atoms with Crippen LogP contribution in [0.5, 0.6) is 0 Å². The number of esters is 1. The molecule has 26 heavy (non-hydrogen) atoms. The van der Waals surface area contributed by atoms with E-state index in [9.17, 15) is 20.1 Å². The standard InChI is InChI=1S/C20H30O6/c1-9-10-4-5-11-19(7-10,15(9)22)17(24)26-13-6-12(21)18(2,3)14-16(23)25-8-20(11,13)14/h9-16,21-23H,4-8H2,1-3H3/t9-,10-,11-,12+,13+,14-,15-,16-,19+,20-/m1/s1. The minimum absolute atomic E-state index is 0.0772. The van der Waals surface area contributed by atoms with Crippen LogP contribution in [0, 0.1) is 39.9 Å². The Morgan fingerprint density at radius 3 is 2.62 bits per heavy atom. The van der Waals surface area contributed by atoms with Crippen LogP contribution in [-0.2, 0) is 14.3 Å². The van der Waals surface area contributed by atoms with Gasteiger partial charge in [0.25, 0.3) is 0 Å². The van der Waals surface area contributed by atoms with Gasteiger partial charge in [0.15, 0.2) is 6.29 Å². The van der Waals surface area contributed by atoms with Gasteiger partial charge in [-0.2, -0.15) is 0 Å². The monoisotopic (exact) mass is 366 g/mol. The maximum absolute atomic E-state index is 13.2. The zero-order valence-corrected chi connectivity index (χ0v) is 15.7. The summed E-state index contributed by atoms with van der Waals surface area (Å²) in [6.45, 7) is 6.31. The van der Waals surface area contributed by atoms with Crippen LogP contribution in [0.15, 0.2) is 0 Å². The van der Waals surface area contributed by atoms with Crippen molar-refractivity contribution in [2.75, 3.05) is 6.61 Å². The molecule has 6 heteroatoms. The van der Waals surface area contributed by atoms with E-state index in [0.717, 1.165) is 12.8 Å². The molecule has 2 saturated heterocycles. The molecule has 3 saturated carbocycles. The van der Waals surface area contributed by atoms with E-state index in [0.29, 0.717) is 25.4 Å². The Morgan fingerprint density at radius 2 is 1.88 bits per heavy atom. The van der Waals surface area contributed by atoms with Gasteiger partial charge in [0.05, 0.1) is 24.2 Å². The molecule has 5 fully saturated rings. The number of carbonyl (C=O) groups is 1. The summed E-state index contributed by atoms with van der Waals surface area (Å²) >= 11 is 0. The Bertz CT molecular complexity index is 648. The summed E-state index contributed by atoms with van der Waals surface area (Å²) in [5.74, 6) is -0.278. The van der Waals surface area contributed by atoms with Crippen molar-refractivity contribution in [3.8, 4) is 0 Å². The van der Waals surface area contributed by atoms with Gasteiger partial charge in [0.2, 0.25) is 0 Å². The van der Waals surface area contributed by atoms with E-state index in [4.69, 9.17) is 9.47 Å². The second-order valence-corrected chi connectivity index (χ2v) is 10.2. The number of carbonyl (C=O) groups excluding carboxylic acids is 1. The summed E-state index contributed by atoms with van der Waals surface area (Å²) in [7, 11) is 0. The van der Waals surface area contributed by atoms with E-state index >= 15 is 0 Å². The van der Waals surface area contributed by atoms with E-state index < -0.39 is 40.8 Å². The topological polar surface area (TPSA) is 96.2 Å². The molecular formula is C20H30O6. The number of aliphatic hydroxyl groups excluding tert-OH is 3. The van der Waals surface area contributed by atoms with Crippen LogP contribution in [0.3, 0.4) is 0 Å². The van der Waals surface area contributed by atoms with Crippen molar-refractivity contribution in [3.63, 3.8) is 0 Å². The number of hydrogen-bond acceptors (Lipinski definition) is 6. The molecule has 3 aliphatic carbocycles. The van der Waals surface area contributed by atoms with Gasteiger partial charge in [-0.25, -0.2) is 0 Å². The van der Waals surface area contributed by atoms with Crippen molar-refractivity contribution >= 4 is 5.97 Å². The average Bonchev–Trinajstić information content (AvgIpc) is 3.03. The molecule has 0 aromatic carbocycles. The van der Waals surface area contributed by atoms with Crippen molar-refractivity contribution in [1.29, 1.82) is 0 Å². The summed E-state index contributed by atoms with van der Waals surface area (Å²) in [6, 6.07) is 0. The molecule has 146 valence electrons. The molecule has 2 spiro atoms. The Morgan fingerprint density at radius 1 is 1.15 bits per heavy atom. The van der Waals surface area contributed by atoms with E-state index in [1.165, 1.54) is 0 Å². The van der Waals surface area contributed by atoms with Crippen molar-refractivity contribution in [2.24, 2.45) is 39.9 Å². The summed E-state index contributed by atoms with van der Waals surface area (Å²) in [6.07, 6.45) is 0.0324. The molecule has 0 amide bonds. The smallest absolute Gasteiger partial charge is 0.315 e. The fourth-order valence-corrected chi connectivity index (χ4v) is 7.82. The molecule has 5 aliphatic rings. The molecule has 0 aromatic rings. The zero-order valence-electron chi connectivity index (χ0n) is 15.7. The molecule has 2 heterocycles. The van der Waals surface area contributed by atoms with Crippen molar-refractivity contribution in [1.82, 2.24) is 0 Å². The van der Waals surface area contributed by atoms with Gasteiger partial charge in [0.1, 0.15) is 6.10 Å². The minimum atomic E-state index is -0.981. The maximum Gasteiger partial charge on any atom is 0.315 e. The molecule has 3 N–H and O–H groups in total. The molecule has 0 unspecified atom stereocenters. The first-order valence-corrected chi connectivity index (χ1v) is 10.0. The van der Waals surface area contributed by atoms with Crippen LogP contribution in [0.1, 0.15) is 46.5 Å². The van der Waals surface area contributed by atoms with Crippen molar-refractivity contribution in [3.05, 3.63) is 0 Å². The third-order valence-electron chi connectivity index (χ3n) is 9.16. The molecular weight excluding hydrogens is 336 g/mol. The zero-order chi connectivity index (χ0) is 18.6. The lowest BCUT2D eigenvalue weighted by Gasteiger charge is -2.63. The van der Waals surface area contributed by atoms with Gasteiger partial charge in [-0.1, -0.05) is 20.8 Å². The highest BCUT2D eigenvalue weighted by atomic mass is 16.6. The lowest BCUT2D eigenvalue weighted by Crippen LogP contribution is -2.70. The molecule has 0 radical (unpaired) electrons. The van der Waals surface area contributed by atoms with E-state index in [-0.39, 0.29) is 23.7 Å². The Labute approximate surface area is 153 Å². The Hall–Kier alpha value is -0.690. The summed E-state index contributed by atoms with van der Waals surface area (Å²) < 4.78 is 11.7. The molecule has 10 atom stereocenters. The highest BCUT2D eigenvalue weighted by molar-refractivity contribution is 5.80. The van der Waals surface area contributed by atoms with Crippen LogP contribution in [-0.4, -0.2) is 52.5 Å². The van der Waals surface area contributed by atoms with E-state index in [1.54, 1.807) is 0 Å². The minimum Gasteiger partial charge on any atom is -0.461 e. The highest BCUT2D eigenvalue weighted by Crippen LogP contribution is 2.72. The predicted molar refractivity (Wildman–Crippen MR) is 90.6 cm³/mol.